The zero-order chi connectivity index (χ0) is 25.1. The number of rotatable bonds is 6. The summed E-state index contributed by atoms with van der Waals surface area (Å²) in [5.74, 6) is 0.739. The Bertz CT molecular complexity index is 1390. The number of anilines is 3. The van der Waals surface area contributed by atoms with Crippen LogP contribution in [0, 0.1) is 20.8 Å². The summed E-state index contributed by atoms with van der Waals surface area (Å²) >= 11 is 1.28. The normalized spacial score (nSPS) is 10.7. The van der Waals surface area contributed by atoms with Crippen molar-refractivity contribution < 1.29 is 19.1 Å². The summed E-state index contributed by atoms with van der Waals surface area (Å²) in [5, 5.41) is 8.90. The van der Waals surface area contributed by atoms with Crippen LogP contribution < -0.4 is 25.4 Å². The summed E-state index contributed by atoms with van der Waals surface area (Å²) < 4.78 is 11.4. The fourth-order valence-electron chi connectivity index (χ4n) is 3.90. The summed E-state index contributed by atoms with van der Waals surface area (Å²) in [6.07, 6.45) is 0. The van der Waals surface area contributed by atoms with Gasteiger partial charge in [-0.1, -0.05) is 35.1 Å². The minimum atomic E-state index is -0.491. The van der Waals surface area contributed by atoms with E-state index in [4.69, 9.17) is 9.47 Å². The predicted octanol–water partition coefficient (Wildman–Crippen LogP) is 6.14. The maximum atomic E-state index is 12.9. The number of methoxy groups -OCH3 is 2. The van der Waals surface area contributed by atoms with Gasteiger partial charge in [0.1, 0.15) is 17.2 Å². The van der Waals surface area contributed by atoms with Gasteiger partial charge in [-0.05, 0) is 62.2 Å². The van der Waals surface area contributed by atoms with Crippen LogP contribution in [0.4, 0.5) is 21.3 Å². The molecule has 4 rings (SSSR count). The number of aryl methyl sites for hydroxylation is 3. The SMILES string of the molecule is COc1cccc(OC)c1NC(=O)Nc1nc2ccc(C(=O)Nc3c(C)cc(C)cc3C)cc2s1. The molecule has 1 aromatic heterocycles. The van der Waals surface area contributed by atoms with Crippen LogP contribution in [0.5, 0.6) is 11.5 Å². The van der Waals surface area contributed by atoms with E-state index in [1.165, 1.54) is 25.6 Å². The molecule has 9 heteroatoms. The number of hydrogen-bond acceptors (Lipinski definition) is 6. The molecule has 0 unspecified atom stereocenters. The van der Waals surface area contributed by atoms with Crippen molar-refractivity contribution in [1.82, 2.24) is 4.98 Å². The third-order valence-electron chi connectivity index (χ3n) is 5.45. The van der Waals surface area contributed by atoms with Crippen LogP contribution in [0.15, 0.2) is 48.5 Å². The molecule has 3 aromatic carbocycles. The van der Waals surface area contributed by atoms with Gasteiger partial charge in [-0.15, -0.1) is 0 Å². The minimum Gasteiger partial charge on any atom is -0.494 e. The molecular weight excluding hydrogens is 464 g/mol. The molecule has 0 saturated heterocycles. The van der Waals surface area contributed by atoms with Gasteiger partial charge in [0.05, 0.1) is 24.4 Å². The highest BCUT2D eigenvalue weighted by Crippen LogP contribution is 2.34. The van der Waals surface area contributed by atoms with E-state index in [-0.39, 0.29) is 5.91 Å². The summed E-state index contributed by atoms with van der Waals surface area (Å²) in [5.41, 5.74) is 5.59. The molecule has 4 aromatic rings. The van der Waals surface area contributed by atoms with Crippen LogP contribution in [0.25, 0.3) is 10.2 Å². The topological polar surface area (TPSA) is 102 Å². The first-order valence-corrected chi connectivity index (χ1v) is 11.7. The first-order valence-electron chi connectivity index (χ1n) is 10.9. The van der Waals surface area contributed by atoms with Crippen LogP contribution in [0.2, 0.25) is 0 Å². The number of carbonyl (C=O) groups is 2. The number of fused-ring (bicyclic) bond motifs is 1. The molecule has 0 bridgehead atoms. The van der Waals surface area contributed by atoms with E-state index in [0.717, 1.165) is 27.1 Å². The lowest BCUT2D eigenvalue weighted by Crippen LogP contribution is -2.20. The van der Waals surface area contributed by atoms with Crippen molar-refractivity contribution in [2.24, 2.45) is 0 Å². The Morgan fingerprint density at radius 2 is 1.49 bits per heavy atom. The molecule has 1 heterocycles. The number of urea groups is 1. The average Bonchev–Trinajstić information content (AvgIpc) is 3.22. The Morgan fingerprint density at radius 3 is 2.11 bits per heavy atom. The number of ether oxygens (including phenoxy) is 2. The Labute approximate surface area is 207 Å². The fourth-order valence-corrected chi connectivity index (χ4v) is 4.80. The van der Waals surface area contributed by atoms with E-state index in [2.05, 4.69) is 20.9 Å². The molecule has 0 radical (unpaired) electrons. The highest BCUT2D eigenvalue weighted by Gasteiger charge is 2.16. The van der Waals surface area contributed by atoms with Crippen molar-refractivity contribution in [1.29, 1.82) is 0 Å². The van der Waals surface area contributed by atoms with Crippen molar-refractivity contribution >= 4 is 50.0 Å². The van der Waals surface area contributed by atoms with Gasteiger partial charge in [0.2, 0.25) is 0 Å². The van der Waals surface area contributed by atoms with Crippen LogP contribution in [-0.4, -0.2) is 31.1 Å². The molecule has 0 aliphatic heterocycles. The number of nitrogens with zero attached hydrogens (tertiary/aromatic N) is 1. The van der Waals surface area contributed by atoms with E-state index in [0.29, 0.717) is 33.4 Å². The van der Waals surface area contributed by atoms with Crippen molar-refractivity contribution in [3.8, 4) is 11.5 Å². The van der Waals surface area contributed by atoms with Crippen molar-refractivity contribution in [3.05, 3.63) is 70.8 Å². The summed E-state index contributed by atoms with van der Waals surface area (Å²) in [6.45, 7) is 5.99. The maximum Gasteiger partial charge on any atom is 0.325 e. The second-order valence-corrected chi connectivity index (χ2v) is 9.08. The van der Waals surface area contributed by atoms with Gasteiger partial charge in [0, 0.05) is 11.3 Å². The standard InChI is InChI=1S/C26H26N4O4S/c1-14-11-15(2)22(16(3)12-14)28-24(31)17-9-10-18-21(13-17)35-26(27-18)30-25(32)29-23-19(33-4)7-6-8-20(23)34-5/h6-13H,1-5H3,(H,28,31)(H2,27,29,30,32). The smallest absolute Gasteiger partial charge is 0.325 e. The lowest BCUT2D eigenvalue weighted by atomic mass is 10.0. The minimum absolute atomic E-state index is 0.203. The van der Waals surface area contributed by atoms with E-state index in [1.54, 1.807) is 36.4 Å². The zero-order valence-corrected chi connectivity index (χ0v) is 20.9. The van der Waals surface area contributed by atoms with Crippen LogP contribution in [-0.2, 0) is 0 Å². The molecule has 35 heavy (non-hydrogen) atoms. The largest absolute Gasteiger partial charge is 0.494 e. The number of benzene rings is 3. The molecule has 8 nitrogen and oxygen atoms in total. The fraction of sp³-hybridized carbons (Fsp3) is 0.192. The summed E-state index contributed by atoms with van der Waals surface area (Å²) in [4.78, 5) is 30.0. The second kappa shape index (κ2) is 10.0. The molecule has 0 spiro atoms. The van der Waals surface area contributed by atoms with Gasteiger partial charge in [-0.25, -0.2) is 9.78 Å². The van der Waals surface area contributed by atoms with Gasteiger partial charge in [-0.2, -0.15) is 0 Å². The van der Waals surface area contributed by atoms with E-state index >= 15 is 0 Å². The third kappa shape index (κ3) is 5.20. The lowest BCUT2D eigenvalue weighted by Gasteiger charge is -2.13. The highest BCUT2D eigenvalue weighted by atomic mass is 32.1. The molecule has 0 saturated carbocycles. The first kappa shape index (κ1) is 24.0. The Hall–Kier alpha value is -4.11. The van der Waals surface area contributed by atoms with Crippen LogP contribution >= 0.6 is 11.3 Å². The van der Waals surface area contributed by atoms with E-state index < -0.39 is 6.03 Å². The highest BCUT2D eigenvalue weighted by molar-refractivity contribution is 7.22. The molecule has 0 atom stereocenters. The Balaban J connectivity index is 1.51. The number of hydrogen-bond donors (Lipinski definition) is 3. The average molecular weight is 491 g/mol. The van der Waals surface area contributed by atoms with Gasteiger partial charge in [0.25, 0.3) is 5.91 Å². The van der Waals surface area contributed by atoms with Gasteiger partial charge in [-0.3, -0.25) is 10.1 Å². The van der Waals surface area contributed by atoms with Crippen LogP contribution in [0.3, 0.4) is 0 Å². The molecule has 180 valence electrons. The van der Waals surface area contributed by atoms with Crippen molar-refractivity contribution in [3.63, 3.8) is 0 Å². The molecule has 0 aliphatic carbocycles. The molecule has 0 aliphatic rings. The monoisotopic (exact) mass is 490 g/mol. The lowest BCUT2D eigenvalue weighted by molar-refractivity contribution is 0.102. The number of thiazole rings is 1. The second-order valence-electron chi connectivity index (χ2n) is 8.05. The van der Waals surface area contributed by atoms with Crippen molar-refractivity contribution in [2.45, 2.75) is 20.8 Å². The van der Waals surface area contributed by atoms with Crippen LogP contribution in [0.1, 0.15) is 27.0 Å². The summed E-state index contributed by atoms with van der Waals surface area (Å²) in [7, 11) is 3.03. The maximum absolute atomic E-state index is 12.9. The number of para-hydroxylation sites is 1. The Morgan fingerprint density at radius 1 is 0.829 bits per heavy atom. The summed E-state index contributed by atoms with van der Waals surface area (Å²) in [6, 6.07) is 14.1. The quantitative estimate of drug-likeness (QED) is 0.302. The molecule has 3 amide bonds. The molecular formula is C26H26N4O4S. The number of amides is 3. The van der Waals surface area contributed by atoms with E-state index in [9.17, 15) is 9.59 Å². The molecule has 3 N–H and O–H groups in total. The van der Waals surface area contributed by atoms with E-state index in [1.807, 2.05) is 32.9 Å². The zero-order valence-electron chi connectivity index (χ0n) is 20.1. The first-order chi connectivity index (χ1) is 16.8. The van der Waals surface area contributed by atoms with Gasteiger partial charge < -0.3 is 20.1 Å². The van der Waals surface area contributed by atoms with Gasteiger partial charge >= 0.3 is 6.03 Å². The molecule has 0 fully saturated rings. The third-order valence-corrected chi connectivity index (χ3v) is 6.39. The Kier molecular flexibility index (Phi) is 6.88. The number of aromatic nitrogens is 1. The van der Waals surface area contributed by atoms with Crippen molar-refractivity contribution in [2.75, 3.05) is 30.2 Å². The predicted molar refractivity (Wildman–Crippen MR) is 140 cm³/mol. The number of carbonyl (C=O) groups excluding carboxylic acids is 2. The van der Waals surface area contributed by atoms with Gasteiger partial charge in [0.15, 0.2) is 5.13 Å². The number of nitrogens with one attached hydrogen (secondary N) is 3.